The van der Waals surface area contributed by atoms with Crippen LogP contribution < -0.4 is 0 Å². The summed E-state index contributed by atoms with van der Waals surface area (Å²) in [6.45, 7) is 7.03. The molecular formula is C28H37BrN2O6. The van der Waals surface area contributed by atoms with Crippen molar-refractivity contribution >= 4 is 33.7 Å². The quantitative estimate of drug-likeness (QED) is 0.168. The van der Waals surface area contributed by atoms with Crippen molar-refractivity contribution in [3.8, 4) is 0 Å². The molecule has 0 radical (unpaired) electrons. The zero-order valence-corrected chi connectivity index (χ0v) is 23.0. The molecule has 2 amide bonds. The summed E-state index contributed by atoms with van der Waals surface area (Å²) >= 11 is 3.68. The Morgan fingerprint density at radius 3 is 2.68 bits per heavy atom. The first-order chi connectivity index (χ1) is 17.9. The van der Waals surface area contributed by atoms with E-state index < -0.39 is 35.6 Å². The maximum Gasteiger partial charge on any atom is 0.312 e. The molecule has 3 heterocycles. The SMILES string of the molecule is C=CCN(Cc1ccccc1)C(=O)C1N(CCCCCCO)C(=O)[C@@H]2[C@H](C(=O)OCC)[C@H]3OC12CC3Br. The highest BCUT2D eigenvalue weighted by molar-refractivity contribution is 9.09. The summed E-state index contributed by atoms with van der Waals surface area (Å²) in [5, 5.41) is 9.11. The molecule has 3 aliphatic heterocycles. The van der Waals surface area contributed by atoms with Crippen LogP contribution in [-0.4, -0.2) is 81.6 Å². The average Bonchev–Trinajstić information content (AvgIpc) is 3.47. The van der Waals surface area contributed by atoms with E-state index in [4.69, 9.17) is 14.6 Å². The lowest BCUT2D eigenvalue weighted by atomic mass is 9.70. The topological polar surface area (TPSA) is 96.4 Å². The van der Waals surface area contributed by atoms with Crippen LogP contribution in [0.2, 0.25) is 0 Å². The van der Waals surface area contributed by atoms with Crippen molar-refractivity contribution < 1.29 is 29.0 Å². The predicted octanol–water partition coefficient (Wildman–Crippen LogP) is 3.07. The molecule has 3 saturated heterocycles. The van der Waals surface area contributed by atoms with Crippen LogP contribution in [0.4, 0.5) is 0 Å². The number of carbonyl (C=O) groups excluding carboxylic acids is 3. The fraction of sp³-hybridized carbons (Fsp3) is 0.607. The molecule has 0 aromatic heterocycles. The maximum absolute atomic E-state index is 14.3. The Morgan fingerprint density at radius 2 is 2.00 bits per heavy atom. The van der Waals surface area contributed by atoms with Crippen molar-refractivity contribution in [3.05, 3.63) is 48.6 Å². The number of likely N-dealkylation sites (tertiary alicyclic amines) is 1. The number of rotatable bonds is 13. The number of hydrogen-bond acceptors (Lipinski definition) is 6. The predicted molar refractivity (Wildman–Crippen MR) is 142 cm³/mol. The van der Waals surface area contributed by atoms with Crippen LogP contribution in [0.15, 0.2) is 43.0 Å². The Hall–Kier alpha value is -2.23. The molecule has 1 spiro atoms. The van der Waals surface area contributed by atoms with Crippen molar-refractivity contribution in [2.45, 2.75) is 68.1 Å². The summed E-state index contributed by atoms with van der Waals surface area (Å²) in [7, 11) is 0. The number of fused-ring (bicyclic) bond motifs is 1. The molecule has 3 fully saturated rings. The van der Waals surface area contributed by atoms with Crippen LogP contribution in [-0.2, 0) is 30.4 Å². The molecule has 0 aliphatic carbocycles. The van der Waals surface area contributed by atoms with Crippen molar-refractivity contribution in [1.29, 1.82) is 0 Å². The van der Waals surface area contributed by atoms with Crippen molar-refractivity contribution in [2.75, 3.05) is 26.3 Å². The van der Waals surface area contributed by atoms with E-state index in [1.54, 1.807) is 22.8 Å². The van der Waals surface area contributed by atoms with Crippen LogP contribution >= 0.6 is 15.9 Å². The number of ether oxygens (including phenoxy) is 2. The van der Waals surface area contributed by atoms with Crippen LogP contribution in [0.25, 0.3) is 0 Å². The number of nitrogens with zero attached hydrogens (tertiary/aromatic N) is 2. The standard InChI is InChI=1S/C28H37BrN2O6/c1-3-14-30(18-19-12-8-7-9-13-19)26(34)24-28-17-20(29)23(37-28)21(27(35)36-4-2)22(28)25(33)31(24)15-10-5-6-11-16-32/h3,7-9,12-13,20-24,32H,1,4-6,10-11,14-18H2,2H3/t20?,21-,22-,23-,24?,28?/m0/s1. The Bertz CT molecular complexity index is 990. The van der Waals surface area contributed by atoms with Gasteiger partial charge in [-0.05, 0) is 31.7 Å². The van der Waals surface area contributed by atoms with Crippen molar-refractivity contribution in [2.24, 2.45) is 11.8 Å². The Morgan fingerprint density at radius 1 is 1.27 bits per heavy atom. The fourth-order valence-electron chi connectivity index (χ4n) is 6.27. The van der Waals surface area contributed by atoms with Gasteiger partial charge < -0.3 is 24.4 Å². The number of hydrogen-bond donors (Lipinski definition) is 1. The second-order valence-electron chi connectivity index (χ2n) is 10.1. The van der Waals surface area contributed by atoms with E-state index in [-0.39, 0.29) is 29.9 Å². The van der Waals surface area contributed by atoms with Crippen molar-refractivity contribution in [3.63, 3.8) is 0 Å². The number of esters is 1. The maximum atomic E-state index is 14.3. The molecule has 8 nitrogen and oxygen atoms in total. The highest BCUT2D eigenvalue weighted by Gasteiger charge is 2.77. The van der Waals surface area contributed by atoms with E-state index in [1.807, 2.05) is 30.3 Å². The van der Waals surface area contributed by atoms with Gasteiger partial charge in [0.1, 0.15) is 11.6 Å². The number of benzene rings is 1. The third kappa shape index (κ3) is 5.22. The minimum atomic E-state index is -1.09. The molecule has 202 valence electrons. The van der Waals surface area contributed by atoms with E-state index in [9.17, 15) is 14.4 Å². The molecule has 1 N–H and O–H groups in total. The van der Waals surface area contributed by atoms with Gasteiger partial charge in [-0.1, -0.05) is 65.2 Å². The number of alkyl halides is 1. The van der Waals surface area contributed by atoms with Crippen LogP contribution in [0.3, 0.4) is 0 Å². The Labute approximate surface area is 227 Å². The second kappa shape index (κ2) is 12.1. The molecule has 3 unspecified atom stereocenters. The first-order valence-electron chi connectivity index (χ1n) is 13.2. The average molecular weight is 578 g/mol. The number of unbranched alkanes of at least 4 members (excludes halogenated alkanes) is 3. The molecule has 9 heteroatoms. The molecular weight excluding hydrogens is 540 g/mol. The number of aliphatic hydroxyl groups excluding tert-OH is 1. The van der Waals surface area contributed by atoms with E-state index >= 15 is 0 Å². The minimum Gasteiger partial charge on any atom is -0.466 e. The normalized spacial score (nSPS) is 29.9. The lowest BCUT2D eigenvalue weighted by molar-refractivity contribution is -0.154. The van der Waals surface area contributed by atoms with E-state index in [0.717, 1.165) is 18.4 Å². The van der Waals surface area contributed by atoms with Gasteiger partial charge in [0.25, 0.3) is 0 Å². The minimum absolute atomic E-state index is 0.133. The van der Waals surface area contributed by atoms with Crippen LogP contribution in [0.5, 0.6) is 0 Å². The number of aliphatic hydroxyl groups is 1. The molecule has 0 saturated carbocycles. The Balaban J connectivity index is 1.68. The van der Waals surface area contributed by atoms with E-state index in [0.29, 0.717) is 38.9 Å². The van der Waals surface area contributed by atoms with Crippen LogP contribution in [0.1, 0.15) is 44.6 Å². The monoisotopic (exact) mass is 576 g/mol. The summed E-state index contributed by atoms with van der Waals surface area (Å²) < 4.78 is 11.9. The van der Waals surface area contributed by atoms with Crippen molar-refractivity contribution in [1.82, 2.24) is 9.80 Å². The largest absolute Gasteiger partial charge is 0.466 e. The summed E-state index contributed by atoms with van der Waals surface area (Å²) in [6.07, 6.45) is 4.71. The van der Waals surface area contributed by atoms with Gasteiger partial charge in [0.05, 0.1) is 24.5 Å². The summed E-state index contributed by atoms with van der Waals surface area (Å²) in [4.78, 5) is 44.5. The highest BCUT2D eigenvalue weighted by Crippen LogP contribution is 2.60. The summed E-state index contributed by atoms with van der Waals surface area (Å²) in [5.74, 6) is -2.35. The van der Waals surface area contributed by atoms with Gasteiger partial charge in [-0.3, -0.25) is 14.4 Å². The van der Waals surface area contributed by atoms with Gasteiger partial charge in [0.15, 0.2) is 0 Å². The first-order valence-corrected chi connectivity index (χ1v) is 14.1. The Kier molecular flexibility index (Phi) is 9.08. The number of amides is 2. The number of carbonyl (C=O) groups is 3. The lowest BCUT2D eigenvalue weighted by Gasteiger charge is -2.37. The summed E-state index contributed by atoms with van der Waals surface area (Å²) in [6, 6.07) is 8.88. The lowest BCUT2D eigenvalue weighted by Crippen LogP contribution is -2.56. The van der Waals surface area contributed by atoms with Gasteiger partial charge in [0.2, 0.25) is 11.8 Å². The van der Waals surface area contributed by atoms with Gasteiger partial charge in [-0.25, -0.2) is 0 Å². The van der Waals surface area contributed by atoms with Gasteiger partial charge in [0, 0.05) is 31.1 Å². The van der Waals surface area contributed by atoms with E-state index in [1.165, 1.54) is 0 Å². The van der Waals surface area contributed by atoms with Gasteiger partial charge >= 0.3 is 5.97 Å². The molecule has 37 heavy (non-hydrogen) atoms. The molecule has 3 aliphatic rings. The smallest absolute Gasteiger partial charge is 0.312 e. The molecule has 6 atom stereocenters. The van der Waals surface area contributed by atoms with Gasteiger partial charge in [-0.15, -0.1) is 6.58 Å². The zero-order chi connectivity index (χ0) is 26.6. The number of halogens is 1. The van der Waals surface area contributed by atoms with Gasteiger partial charge in [-0.2, -0.15) is 0 Å². The first kappa shape index (κ1) is 27.8. The molecule has 2 bridgehead atoms. The zero-order valence-electron chi connectivity index (χ0n) is 21.4. The third-order valence-electron chi connectivity index (χ3n) is 7.77. The molecule has 1 aromatic carbocycles. The summed E-state index contributed by atoms with van der Waals surface area (Å²) in [5.41, 5.74) is -0.114. The molecule has 1 aromatic rings. The molecule has 4 rings (SSSR count). The third-order valence-corrected chi connectivity index (χ3v) is 8.61. The highest BCUT2D eigenvalue weighted by atomic mass is 79.9. The van der Waals surface area contributed by atoms with Crippen LogP contribution in [0, 0.1) is 11.8 Å². The second-order valence-corrected chi connectivity index (χ2v) is 11.3. The van der Waals surface area contributed by atoms with E-state index in [2.05, 4.69) is 22.5 Å². The fourth-order valence-corrected chi connectivity index (χ4v) is 7.21.